The van der Waals surface area contributed by atoms with Crippen molar-refractivity contribution < 1.29 is 18.7 Å². The summed E-state index contributed by atoms with van der Waals surface area (Å²) in [7, 11) is 5.02. The van der Waals surface area contributed by atoms with E-state index < -0.39 is 0 Å². The zero-order valence-electron chi connectivity index (χ0n) is 17.0. The Kier molecular flexibility index (Phi) is 7.24. The van der Waals surface area contributed by atoms with Crippen molar-refractivity contribution in [2.45, 2.75) is 39.9 Å². The van der Waals surface area contributed by atoms with Crippen LogP contribution in [0, 0.1) is 0 Å². The molecular formula is C20H29N3O4. The van der Waals surface area contributed by atoms with Crippen LogP contribution in [0.15, 0.2) is 28.9 Å². The molecular weight excluding hydrogens is 346 g/mol. The lowest BCUT2D eigenvalue weighted by Gasteiger charge is -2.26. The van der Waals surface area contributed by atoms with E-state index in [9.17, 15) is 4.79 Å². The molecule has 0 atom stereocenters. The zero-order valence-corrected chi connectivity index (χ0v) is 17.0. The van der Waals surface area contributed by atoms with Gasteiger partial charge in [0.05, 0.1) is 20.8 Å². The van der Waals surface area contributed by atoms with E-state index in [0.717, 1.165) is 17.1 Å². The third-order valence-electron chi connectivity index (χ3n) is 4.53. The first-order valence-corrected chi connectivity index (χ1v) is 9.04. The first-order chi connectivity index (χ1) is 12.9. The van der Waals surface area contributed by atoms with E-state index in [2.05, 4.69) is 23.7 Å². The Morgan fingerprint density at radius 2 is 1.96 bits per heavy atom. The first-order valence-electron chi connectivity index (χ1n) is 9.04. The summed E-state index contributed by atoms with van der Waals surface area (Å²) in [5.41, 5.74) is 1.38. The molecule has 1 aromatic heterocycles. The van der Waals surface area contributed by atoms with Gasteiger partial charge in [-0.25, -0.2) is 4.98 Å². The standard InChI is InChI=1S/C20H29N3O4/c1-7-22(4)20(24)17-13-27-19(21-17)12-23(14(2)3)11-15-8-9-16(25-5)10-18(15)26-6/h8-10,13-14H,7,11-12H2,1-6H3. The summed E-state index contributed by atoms with van der Waals surface area (Å²) in [6.45, 7) is 7.91. The summed E-state index contributed by atoms with van der Waals surface area (Å²) in [6.07, 6.45) is 1.43. The maximum absolute atomic E-state index is 12.2. The molecule has 0 bridgehead atoms. The summed E-state index contributed by atoms with van der Waals surface area (Å²) >= 11 is 0. The highest BCUT2D eigenvalue weighted by Crippen LogP contribution is 2.26. The van der Waals surface area contributed by atoms with Crippen molar-refractivity contribution in [1.82, 2.24) is 14.8 Å². The second kappa shape index (κ2) is 9.41. The van der Waals surface area contributed by atoms with Crippen molar-refractivity contribution in [3.05, 3.63) is 41.6 Å². The van der Waals surface area contributed by atoms with Gasteiger partial charge < -0.3 is 18.8 Å². The molecule has 0 spiro atoms. The minimum absolute atomic E-state index is 0.138. The Bertz CT molecular complexity index is 757. The van der Waals surface area contributed by atoms with Crippen LogP contribution >= 0.6 is 0 Å². The summed E-state index contributed by atoms with van der Waals surface area (Å²) < 4.78 is 16.3. The Hall–Kier alpha value is -2.54. The smallest absolute Gasteiger partial charge is 0.275 e. The number of ether oxygens (including phenoxy) is 2. The van der Waals surface area contributed by atoms with E-state index in [0.29, 0.717) is 31.2 Å². The van der Waals surface area contributed by atoms with Crippen LogP contribution in [0.2, 0.25) is 0 Å². The van der Waals surface area contributed by atoms with Crippen LogP contribution in [0.4, 0.5) is 0 Å². The van der Waals surface area contributed by atoms with Crippen molar-refractivity contribution in [3.8, 4) is 11.5 Å². The molecule has 1 heterocycles. The largest absolute Gasteiger partial charge is 0.497 e. The molecule has 2 rings (SSSR count). The number of carbonyl (C=O) groups is 1. The van der Waals surface area contributed by atoms with Gasteiger partial charge in [-0.15, -0.1) is 0 Å². The van der Waals surface area contributed by atoms with Crippen LogP contribution in [0.5, 0.6) is 11.5 Å². The second-order valence-corrected chi connectivity index (χ2v) is 6.62. The number of hydrogen-bond acceptors (Lipinski definition) is 6. The van der Waals surface area contributed by atoms with Gasteiger partial charge in [0, 0.05) is 37.8 Å². The number of amides is 1. The van der Waals surface area contributed by atoms with Gasteiger partial charge >= 0.3 is 0 Å². The van der Waals surface area contributed by atoms with Crippen molar-refractivity contribution in [3.63, 3.8) is 0 Å². The quantitative estimate of drug-likeness (QED) is 0.670. The van der Waals surface area contributed by atoms with E-state index in [4.69, 9.17) is 13.9 Å². The number of benzene rings is 1. The highest BCUT2D eigenvalue weighted by molar-refractivity contribution is 5.91. The molecule has 7 heteroatoms. The van der Waals surface area contributed by atoms with Gasteiger partial charge in [-0.3, -0.25) is 9.69 Å². The average molecular weight is 375 g/mol. The highest BCUT2D eigenvalue weighted by Gasteiger charge is 2.19. The summed E-state index contributed by atoms with van der Waals surface area (Å²) in [5.74, 6) is 1.90. The number of nitrogens with zero attached hydrogens (tertiary/aromatic N) is 3. The summed E-state index contributed by atoms with van der Waals surface area (Å²) in [4.78, 5) is 20.4. The monoisotopic (exact) mass is 375 g/mol. The van der Waals surface area contributed by atoms with Crippen molar-refractivity contribution in [1.29, 1.82) is 0 Å². The third-order valence-corrected chi connectivity index (χ3v) is 4.53. The minimum Gasteiger partial charge on any atom is -0.497 e. The first kappa shape index (κ1) is 20.8. The SMILES string of the molecule is CCN(C)C(=O)c1coc(CN(Cc2ccc(OC)cc2OC)C(C)C)n1. The molecule has 0 aliphatic heterocycles. The molecule has 27 heavy (non-hydrogen) atoms. The van der Waals surface area contributed by atoms with Crippen molar-refractivity contribution in [2.75, 3.05) is 27.8 Å². The Morgan fingerprint density at radius 3 is 2.56 bits per heavy atom. The molecule has 7 nitrogen and oxygen atoms in total. The molecule has 0 aliphatic rings. The molecule has 0 fully saturated rings. The minimum atomic E-state index is -0.138. The van der Waals surface area contributed by atoms with Gasteiger partial charge in [0.1, 0.15) is 17.8 Å². The fraction of sp³-hybridized carbons (Fsp3) is 0.500. The Balaban J connectivity index is 2.15. The van der Waals surface area contributed by atoms with E-state index in [-0.39, 0.29) is 11.9 Å². The predicted octanol–water partition coefficient (Wildman–Crippen LogP) is 3.19. The number of oxazole rings is 1. The fourth-order valence-electron chi connectivity index (χ4n) is 2.62. The fourth-order valence-corrected chi connectivity index (χ4v) is 2.62. The third kappa shape index (κ3) is 5.23. The van der Waals surface area contributed by atoms with Crippen LogP contribution in [-0.2, 0) is 13.1 Å². The van der Waals surface area contributed by atoms with E-state index in [1.165, 1.54) is 6.26 Å². The molecule has 0 N–H and O–H groups in total. The molecule has 1 amide bonds. The average Bonchev–Trinajstić information content (AvgIpc) is 3.14. The molecule has 1 aromatic carbocycles. The Labute approximate surface area is 160 Å². The van der Waals surface area contributed by atoms with Crippen molar-refractivity contribution >= 4 is 5.91 Å². The number of carbonyl (C=O) groups excluding carboxylic acids is 1. The topological polar surface area (TPSA) is 68.0 Å². The van der Waals surface area contributed by atoms with Gasteiger partial charge in [-0.2, -0.15) is 0 Å². The maximum Gasteiger partial charge on any atom is 0.275 e. The van der Waals surface area contributed by atoms with E-state index in [1.54, 1.807) is 26.2 Å². The number of methoxy groups -OCH3 is 2. The van der Waals surface area contributed by atoms with E-state index in [1.807, 2.05) is 25.1 Å². The van der Waals surface area contributed by atoms with Crippen LogP contribution in [-0.4, -0.2) is 54.5 Å². The summed E-state index contributed by atoms with van der Waals surface area (Å²) in [5, 5.41) is 0. The maximum atomic E-state index is 12.2. The molecule has 0 radical (unpaired) electrons. The number of rotatable bonds is 9. The lowest BCUT2D eigenvalue weighted by Crippen LogP contribution is -2.30. The zero-order chi connectivity index (χ0) is 20.0. The lowest BCUT2D eigenvalue weighted by molar-refractivity contribution is 0.0796. The van der Waals surface area contributed by atoms with Crippen LogP contribution in [0.3, 0.4) is 0 Å². The van der Waals surface area contributed by atoms with Crippen molar-refractivity contribution in [2.24, 2.45) is 0 Å². The number of hydrogen-bond donors (Lipinski definition) is 0. The van der Waals surface area contributed by atoms with Gasteiger partial charge in [0.25, 0.3) is 5.91 Å². The molecule has 0 saturated carbocycles. The van der Waals surface area contributed by atoms with Gasteiger partial charge in [-0.05, 0) is 26.8 Å². The lowest BCUT2D eigenvalue weighted by atomic mass is 10.1. The number of aromatic nitrogens is 1. The van der Waals surface area contributed by atoms with Gasteiger partial charge in [0.15, 0.2) is 5.69 Å². The molecule has 0 aliphatic carbocycles. The second-order valence-electron chi connectivity index (χ2n) is 6.62. The van der Waals surface area contributed by atoms with Gasteiger partial charge in [0.2, 0.25) is 5.89 Å². The molecule has 148 valence electrons. The molecule has 0 unspecified atom stereocenters. The van der Waals surface area contributed by atoms with Gasteiger partial charge in [-0.1, -0.05) is 6.07 Å². The Morgan fingerprint density at radius 1 is 1.22 bits per heavy atom. The van der Waals surface area contributed by atoms with E-state index >= 15 is 0 Å². The summed E-state index contributed by atoms with van der Waals surface area (Å²) in [6, 6.07) is 6.03. The normalized spacial score (nSPS) is 11.1. The molecule has 0 saturated heterocycles. The van der Waals surface area contributed by atoms with Crippen LogP contribution < -0.4 is 9.47 Å². The van der Waals surface area contributed by atoms with Crippen LogP contribution in [0.25, 0.3) is 0 Å². The highest BCUT2D eigenvalue weighted by atomic mass is 16.5. The predicted molar refractivity (Wildman–Crippen MR) is 103 cm³/mol. The molecule has 2 aromatic rings. The van der Waals surface area contributed by atoms with Crippen LogP contribution in [0.1, 0.15) is 42.7 Å².